The van der Waals surface area contributed by atoms with Gasteiger partial charge in [-0.1, -0.05) is 6.07 Å². The van der Waals surface area contributed by atoms with Gasteiger partial charge in [0.05, 0.1) is 6.54 Å². The molecule has 0 saturated heterocycles. The summed E-state index contributed by atoms with van der Waals surface area (Å²) in [6.45, 7) is 0.0772. The van der Waals surface area contributed by atoms with Crippen LogP contribution in [0.25, 0.3) is 0 Å². The van der Waals surface area contributed by atoms with Gasteiger partial charge in [-0.3, -0.25) is 4.79 Å². The van der Waals surface area contributed by atoms with Crippen molar-refractivity contribution in [2.45, 2.75) is 0 Å². The van der Waals surface area contributed by atoms with E-state index in [0.717, 1.165) is 12.1 Å². The highest BCUT2D eigenvalue weighted by Gasteiger charge is 2.11. The number of anilines is 1. The largest absolute Gasteiger partial charge is 0.320 e. The van der Waals surface area contributed by atoms with Gasteiger partial charge in [0.15, 0.2) is 0 Å². The summed E-state index contributed by atoms with van der Waals surface area (Å²) in [5.41, 5.74) is -0.399. The van der Waals surface area contributed by atoms with Gasteiger partial charge in [0.25, 0.3) is 0 Å². The highest BCUT2D eigenvalue weighted by atomic mass is 19.1. The number of likely N-dealkylation sites (N-methyl/N-ethyl adjacent to an activating group) is 1. The second kappa shape index (κ2) is 4.84. The molecule has 0 aliphatic rings. The number of hydrogen-bond donors (Lipinski definition) is 1. The first-order chi connectivity index (χ1) is 7.00. The number of carbonyl (C=O) groups excluding carboxylic acids is 1. The van der Waals surface area contributed by atoms with Gasteiger partial charge in [-0.2, -0.15) is 0 Å². The molecule has 0 aliphatic carbocycles. The molecule has 0 aliphatic heterocycles. The van der Waals surface area contributed by atoms with E-state index in [1.807, 2.05) is 0 Å². The minimum absolute atomic E-state index is 0.0772. The molecule has 3 nitrogen and oxygen atoms in total. The Morgan fingerprint density at radius 1 is 1.33 bits per heavy atom. The number of carbonyl (C=O) groups is 1. The molecule has 1 N–H and O–H groups in total. The number of para-hydroxylation sites is 1. The highest BCUT2D eigenvalue weighted by molar-refractivity contribution is 5.92. The molecule has 0 radical (unpaired) electrons. The molecule has 0 unspecified atom stereocenters. The Morgan fingerprint density at radius 3 is 2.33 bits per heavy atom. The van der Waals surface area contributed by atoms with Crippen molar-refractivity contribution in [1.82, 2.24) is 4.90 Å². The number of benzene rings is 1. The Kier molecular flexibility index (Phi) is 3.74. The van der Waals surface area contributed by atoms with Crippen molar-refractivity contribution in [3.05, 3.63) is 29.8 Å². The van der Waals surface area contributed by atoms with E-state index in [2.05, 4.69) is 5.32 Å². The summed E-state index contributed by atoms with van der Waals surface area (Å²) >= 11 is 0. The monoisotopic (exact) mass is 214 g/mol. The molecule has 0 spiro atoms. The molecule has 1 aromatic carbocycles. The Balaban J connectivity index is 2.76. The third kappa shape index (κ3) is 3.28. The molecule has 1 amide bonds. The average molecular weight is 214 g/mol. The predicted molar refractivity (Wildman–Crippen MR) is 53.5 cm³/mol. The lowest BCUT2D eigenvalue weighted by molar-refractivity contribution is -0.116. The van der Waals surface area contributed by atoms with E-state index in [1.165, 1.54) is 6.07 Å². The third-order valence-corrected chi connectivity index (χ3v) is 1.69. The van der Waals surface area contributed by atoms with Crippen LogP contribution >= 0.6 is 0 Å². The molecule has 0 saturated carbocycles. The van der Waals surface area contributed by atoms with E-state index in [0.29, 0.717) is 0 Å². The Labute approximate surface area is 86.7 Å². The molecule has 1 rings (SSSR count). The van der Waals surface area contributed by atoms with Crippen molar-refractivity contribution >= 4 is 11.6 Å². The van der Waals surface area contributed by atoms with Crippen LogP contribution in [0.3, 0.4) is 0 Å². The predicted octanol–water partition coefficient (Wildman–Crippen LogP) is 1.46. The Bertz CT molecular complexity index is 346. The van der Waals surface area contributed by atoms with Crippen molar-refractivity contribution < 1.29 is 13.6 Å². The molecule has 0 heterocycles. The van der Waals surface area contributed by atoms with Crippen LogP contribution in [0.2, 0.25) is 0 Å². The van der Waals surface area contributed by atoms with E-state index in [9.17, 15) is 13.6 Å². The zero-order valence-corrected chi connectivity index (χ0v) is 8.55. The van der Waals surface area contributed by atoms with Crippen LogP contribution in [0.15, 0.2) is 18.2 Å². The first kappa shape index (κ1) is 11.6. The number of hydrogen-bond acceptors (Lipinski definition) is 2. The first-order valence-electron chi connectivity index (χ1n) is 4.39. The standard InChI is InChI=1S/C10H12F2N2O/c1-14(2)6-9(15)13-10-7(11)4-3-5-8(10)12/h3-5H,6H2,1-2H3,(H,13,15). The molecular formula is C10H12F2N2O. The molecule has 0 aromatic heterocycles. The second-order valence-corrected chi connectivity index (χ2v) is 3.38. The van der Waals surface area contributed by atoms with E-state index in [-0.39, 0.29) is 6.54 Å². The fourth-order valence-electron chi connectivity index (χ4n) is 1.08. The van der Waals surface area contributed by atoms with Crippen molar-refractivity contribution in [2.24, 2.45) is 0 Å². The van der Waals surface area contributed by atoms with Crippen molar-refractivity contribution in [3.8, 4) is 0 Å². The second-order valence-electron chi connectivity index (χ2n) is 3.38. The van der Waals surface area contributed by atoms with Crippen LogP contribution in [0.5, 0.6) is 0 Å². The van der Waals surface area contributed by atoms with Gasteiger partial charge < -0.3 is 10.2 Å². The summed E-state index contributed by atoms with van der Waals surface area (Å²) in [5, 5.41) is 2.18. The van der Waals surface area contributed by atoms with Gasteiger partial charge in [-0.15, -0.1) is 0 Å². The summed E-state index contributed by atoms with van der Waals surface area (Å²) in [6, 6.07) is 3.43. The zero-order valence-electron chi connectivity index (χ0n) is 8.55. The van der Waals surface area contributed by atoms with Crippen molar-refractivity contribution in [3.63, 3.8) is 0 Å². The SMILES string of the molecule is CN(C)CC(=O)Nc1c(F)cccc1F. The van der Waals surface area contributed by atoms with Crippen LogP contribution in [0.4, 0.5) is 14.5 Å². The van der Waals surface area contributed by atoms with Crippen LogP contribution in [0, 0.1) is 11.6 Å². The first-order valence-corrected chi connectivity index (χ1v) is 4.39. The Morgan fingerprint density at radius 2 is 1.87 bits per heavy atom. The number of rotatable bonds is 3. The number of amides is 1. The molecular weight excluding hydrogens is 202 g/mol. The molecule has 1 aromatic rings. The lowest BCUT2D eigenvalue weighted by Gasteiger charge is -2.10. The lowest BCUT2D eigenvalue weighted by Crippen LogP contribution is -2.27. The quantitative estimate of drug-likeness (QED) is 0.826. The van der Waals surface area contributed by atoms with E-state index >= 15 is 0 Å². The van der Waals surface area contributed by atoms with Crippen molar-refractivity contribution in [2.75, 3.05) is 26.0 Å². The zero-order chi connectivity index (χ0) is 11.4. The maximum absolute atomic E-state index is 13.1. The fraction of sp³-hybridized carbons (Fsp3) is 0.300. The van der Waals surface area contributed by atoms with Crippen LogP contribution in [0.1, 0.15) is 0 Å². The summed E-state index contributed by atoms with van der Waals surface area (Å²) < 4.78 is 26.2. The average Bonchev–Trinajstić information content (AvgIpc) is 2.10. The van der Waals surface area contributed by atoms with Crippen molar-refractivity contribution in [1.29, 1.82) is 0 Å². The maximum Gasteiger partial charge on any atom is 0.238 e. The molecule has 0 bridgehead atoms. The van der Waals surface area contributed by atoms with Gasteiger partial charge in [-0.25, -0.2) is 8.78 Å². The maximum atomic E-state index is 13.1. The molecule has 0 fully saturated rings. The molecule has 15 heavy (non-hydrogen) atoms. The fourth-order valence-corrected chi connectivity index (χ4v) is 1.08. The van der Waals surface area contributed by atoms with Gasteiger partial charge in [0, 0.05) is 0 Å². The summed E-state index contributed by atoms with van der Waals surface area (Å²) in [4.78, 5) is 12.8. The smallest absolute Gasteiger partial charge is 0.238 e. The van der Waals surface area contributed by atoms with E-state index in [1.54, 1.807) is 19.0 Å². The summed E-state index contributed by atoms with van der Waals surface area (Å²) in [7, 11) is 3.38. The van der Waals surface area contributed by atoms with Gasteiger partial charge in [0.2, 0.25) is 5.91 Å². The van der Waals surface area contributed by atoms with Crippen LogP contribution in [-0.2, 0) is 4.79 Å². The third-order valence-electron chi connectivity index (χ3n) is 1.69. The normalized spacial score (nSPS) is 10.5. The highest BCUT2D eigenvalue weighted by Crippen LogP contribution is 2.17. The summed E-state index contributed by atoms with van der Waals surface area (Å²) in [6.07, 6.45) is 0. The lowest BCUT2D eigenvalue weighted by atomic mass is 10.3. The van der Waals surface area contributed by atoms with E-state index < -0.39 is 23.2 Å². The summed E-state index contributed by atoms with van der Waals surface area (Å²) in [5.74, 6) is -2.01. The van der Waals surface area contributed by atoms with Gasteiger partial charge in [-0.05, 0) is 26.2 Å². The Hall–Kier alpha value is -1.49. The molecule has 82 valence electrons. The van der Waals surface area contributed by atoms with Gasteiger partial charge >= 0.3 is 0 Å². The number of nitrogens with zero attached hydrogens (tertiary/aromatic N) is 1. The molecule has 0 atom stereocenters. The van der Waals surface area contributed by atoms with Gasteiger partial charge in [0.1, 0.15) is 17.3 Å². The van der Waals surface area contributed by atoms with E-state index in [4.69, 9.17) is 0 Å². The minimum Gasteiger partial charge on any atom is -0.320 e. The number of nitrogens with one attached hydrogen (secondary N) is 1. The number of halogens is 2. The topological polar surface area (TPSA) is 32.3 Å². The van der Waals surface area contributed by atoms with Crippen LogP contribution in [-0.4, -0.2) is 31.4 Å². The molecule has 5 heteroatoms. The van der Waals surface area contributed by atoms with Crippen LogP contribution < -0.4 is 5.32 Å². The minimum atomic E-state index is -0.776.